The summed E-state index contributed by atoms with van der Waals surface area (Å²) >= 11 is 0. The number of ether oxygens (including phenoxy) is 1. The van der Waals surface area contributed by atoms with E-state index in [-0.39, 0.29) is 6.03 Å². The number of rotatable bonds is 2. The zero-order valence-electron chi connectivity index (χ0n) is 12.4. The summed E-state index contributed by atoms with van der Waals surface area (Å²) in [5, 5.41) is 0. The first kappa shape index (κ1) is 13.9. The molecule has 0 bridgehead atoms. The second kappa shape index (κ2) is 6.15. The van der Waals surface area contributed by atoms with Gasteiger partial charge in [-0.2, -0.15) is 4.98 Å². The molecule has 114 valence electrons. The predicted molar refractivity (Wildman–Crippen MR) is 78.6 cm³/mol. The van der Waals surface area contributed by atoms with Gasteiger partial charge in [0.2, 0.25) is 11.8 Å². The van der Waals surface area contributed by atoms with Crippen molar-refractivity contribution < 1.29 is 9.53 Å². The van der Waals surface area contributed by atoms with E-state index in [0.29, 0.717) is 11.8 Å². The first-order valence-electron chi connectivity index (χ1n) is 7.44. The van der Waals surface area contributed by atoms with Gasteiger partial charge in [-0.3, -0.25) is 0 Å². The van der Waals surface area contributed by atoms with Gasteiger partial charge in [0.25, 0.3) is 0 Å². The van der Waals surface area contributed by atoms with E-state index >= 15 is 0 Å². The number of nitrogens with zero attached hydrogens (tertiary/aromatic N) is 5. The van der Waals surface area contributed by atoms with Crippen molar-refractivity contribution >= 4 is 12.0 Å². The molecule has 7 nitrogen and oxygen atoms in total. The van der Waals surface area contributed by atoms with Gasteiger partial charge in [0.05, 0.1) is 7.11 Å². The first-order chi connectivity index (χ1) is 10.3. The fourth-order valence-electron chi connectivity index (χ4n) is 2.80. The van der Waals surface area contributed by atoms with E-state index in [1.54, 1.807) is 19.4 Å². The lowest BCUT2D eigenvalue weighted by atomic mass is 10.3. The van der Waals surface area contributed by atoms with Crippen molar-refractivity contribution in [2.45, 2.75) is 12.8 Å². The van der Waals surface area contributed by atoms with Crippen molar-refractivity contribution in [3.05, 3.63) is 12.3 Å². The molecule has 2 fully saturated rings. The van der Waals surface area contributed by atoms with Crippen molar-refractivity contribution in [2.75, 3.05) is 51.3 Å². The molecule has 0 N–H and O–H groups in total. The molecule has 2 amide bonds. The molecule has 1 aromatic heterocycles. The zero-order chi connectivity index (χ0) is 14.7. The van der Waals surface area contributed by atoms with Crippen molar-refractivity contribution in [3.8, 4) is 5.88 Å². The minimum absolute atomic E-state index is 0.179. The van der Waals surface area contributed by atoms with E-state index in [1.165, 1.54) is 0 Å². The van der Waals surface area contributed by atoms with Gasteiger partial charge in [0.1, 0.15) is 0 Å². The van der Waals surface area contributed by atoms with Crippen LogP contribution in [-0.2, 0) is 0 Å². The summed E-state index contributed by atoms with van der Waals surface area (Å²) in [5.74, 6) is 1.23. The van der Waals surface area contributed by atoms with E-state index in [2.05, 4.69) is 14.9 Å². The Balaban J connectivity index is 1.58. The van der Waals surface area contributed by atoms with Crippen molar-refractivity contribution in [1.29, 1.82) is 0 Å². The van der Waals surface area contributed by atoms with Gasteiger partial charge in [-0.05, 0) is 12.8 Å². The third-order valence-corrected chi connectivity index (χ3v) is 4.04. The fraction of sp³-hybridized carbons (Fsp3) is 0.643. The maximum absolute atomic E-state index is 12.3. The smallest absolute Gasteiger partial charge is 0.320 e. The quantitative estimate of drug-likeness (QED) is 0.807. The third-order valence-electron chi connectivity index (χ3n) is 4.04. The molecule has 3 rings (SSSR count). The number of urea groups is 1. The summed E-state index contributed by atoms with van der Waals surface area (Å²) < 4.78 is 5.12. The van der Waals surface area contributed by atoms with Gasteiger partial charge in [0, 0.05) is 51.5 Å². The number of aromatic nitrogens is 2. The topological polar surface area (TPSA) is 61.8 Å². The lowest BCUT2D eigenvalue weighted by molar-refractivity contribution is 0.159. The summed E-state index contributed by atoms with van der Waals surface area (Å²) in [4.78, 5) is 26.9. The molecular formula is C14H21N5O2. The van der Waals surface area contributed by atoms with Gasteiger partial charge < -0.3 is 19.4 Å². The molecule has 0 spiro atoms. The Kier molecular flexibility index (Phi) is 4.08. The van der Waals surface area contributed by atoms with E-state index in [0.717, 1.165) is 52.1 Å². The number of carbonyl (C=O) groups excluding carboxylic acids is 1. The van der Waals surface area contributed by atoms with Crippen molar-refractivity contribution in [2.24, 2.45) is 0 Å². The van der Waals surface area contributed by atoms with Crippen LogP contribution >= 0.6 is 0 Å². The highest BCUT2D eigenvalue weighted by molar-refractivity contribution is 5.75. The van der Waals surface area contributed by atoms with Gasteiger partial charge in [-0.25, -0.2) is 9.78 Å². The SMILES string of the molecule is COc1ccnc(N2CCN(C(=O)N3CCCC3)CC2)n1. The van der Waals surface area contributed by atoms with Crippen LogP contribution in [0.25, 0.3) is 0 Å². The van der Waals surface area contributed by atoms with Crippen LogP contribution in [0.5, 0.6) is 5.88 Å². The lowest BCUT2D eigenvalue weighted by Crippen LogP contribution is -2.52. The fourth-order valence-corrected chi connectivity index (χ4v) is 2.80. The van der Waals surface area contributed by atoms with Crippen LogP contribution in [0.3, 0.4) is 0 Å². The van der Waals surface area contributed by atoms with Crippen LogP contribution in [0.1, 0.15) is 12.8 Å². The van der Waals surface area contributed by atoms with Crippen LogP contribution in [0.2, 0.25) is 0 Å². The molecule has 3 heterocycles. The van der Waals surface area contributed by atoms with Gasteiger partial charge in [0.15, 0.2) is 0 Å². The average molecular weight is 291 g/mol. The number of hydrogen-bond acceptors (Lipinski definition) is 5. The number of methoxy groups -OCH3 is 1. The summed E-state index contributed by atoms with van der Waals surface area (Å²) in [6.45, 7) is 4.75. The van der Waals surface area contributed by atoms with E-state index in [1.807, 2.05) is 9.80 Å². The standard InChI is InChI=1S/C14H21N5O2/c1-21-12-4-5-15-13(16-12)17-8-10-19(11-9-17)14(20)18-6-2-3-7-18/h4-5H,2-3,6-11H2,1H3. The minimum atomic E-state index is 0.179. The predicted octanol–water partition coefficient (Wildman–Crippen LogP) is 0.823. The Hall–Kier alpha value is -2.05. The first-order valence-corrected chi connectivity index (χ1v) is 7.44. The number of hydrogen-bond donors (Lipinski definition) is 0. The molecule has 0 aromatic carbocycles. The van der Waals surface area contributed by atoms with E-state index in [4.69, 9.17) is 4.74 Å². The van der Waals surface area contributed by atoms with Crippen molar-refractivity contribution in [3.63, 3.8) is 0 Å². The molecule has 0 radical (unpaired) electrons. The largest absolute Gasteiger partial charge is 0.481 e. The molecule has 1 aromatic rings. The van der Waals surface area contributed by atoms with Crippen LogP contribution in [0, 0.1) is 0 Å². The van der Waals surface area contributed by atoms with Crippen LogP contribution < -0.4 is 9.64 Å². The van der Waals surface area contributed by atoms with Gasteiger partial charge in [-0.15, -0.1) is 0 Å². The molecule has 2 aliphatic heterocycles. The number of anilines is 1. The van der Waals surface area contributed by atoms with Gasteiger partial charge in [-0.1, -0.05) is 0 Å². The van der Waals surface area contributed by atoms with Crippen LogP contribution in [-0.4, -0.2) is 72.2 Å². The molecule has 0 atom stereocenters. The molecule has 2 aliphatic rings. The highest BCUT2D eigenvalue weighted by atomic mass is 16.5. The van der Waals surface area contributed by atoms with E-state index < -0.39 is 0 Å². The number of piperazine rings is 1. The Labute approximate surface area is 124 Å². The second-order valence-electron chi connectivity index (χ2n) is 5.35. The molecule has 21 heavy (non-hydrogen) atoms. The summed E-state index contributed by atoms with van der Waals surface area (Å²) in [5.41, 5.74) is 0. The summed E-state index contributed by atoms with van der Waals surface area (Å²) in [6.07, 6.45) is 3.95. The maximum Gasteiger partial charge on any atom is 0.320 e. The Morgan fingerprint density at radius 1 is 1.10 bits per heavy atom. The molecule has 2 saturated heterocycles. The second-order valence-corrected chi connectivity index (χ2v) is 5.35. The number of amides is 2. The molecule has 0 aliphatic carbocycles. The lowest BCUT2D eigenvalue weighted by Gasteiger charge is -2.36. The number of likely N-dealkylation sites (tertiary alicyclic amines) is 1. The van der Waals surface area contributed by atoms with Crippen molar-refractivity contribution in [1.82, 2.24) is 19.8 Å². The summed E-state index contributed by atoms with van der Waals surface area (Å²) in [6, 6.07) is 1.91. The Bertz CT molecular complexity index is 496. The molecular weight excluding hydrogens is 270 g/mol. The van der Waals surface area contributed by atoms with Gasteiger partial charge >= 0.3 is 6.03 Å². The van der Waals surface area contributed by atoms with Crippen LogP contribution in [0.15, 0.2) is 12.3 Å². The maximum atomic E-state index is 12.3. The van der Waals surface area contributed by atoms with E-state index in [9.17, 15) is 4.79 Å². The highest BCUT2D eigenvalue weighted by Gasteiger charge is 2.27. The van der Waals surface area contributed by atoms with Crippen LogP contribution in [0.4, 0.5) is 10.7 Å². The minimum Gasteiger partial charge on any atom is -0.481 e. The Morgan fingerprint density at radius 3 is 2.43 bits per heavy atom. The summed E-state index contributed by atoms with van der Waals surface area (Å²) in [7, 11) is 1.60. The molecule has 0 unspecified atom stereocenters. The average Bonchev–Trinajstić information content (AvgIpc) is 3.09. The molecule has 7 heteroatoms. The molecule has 0 saturated carbocycles. The monoisotopic (exact) mass is 291 g/mol. The normalized spacial score (nSPS) is 19.0. The highest BCUT2D eigenvalue weighted by Crippen LogP contribution is 2.16. The third kappa shape index (κ3) is 3.01. The zero-order valence-corrected chi connectivity index (χ0v) is 12.4. The Morgan fingerprint density at radius 2 is 1.76 bits per heavy atom. The number of carbonyl (C=O) groups is 1.